The van der Waals surface area contributed by atoms with Gasteiger partial charge in [0.05, 0.1) is 0 Å². The highest BCUT2D eigenvalue weighted by Crippen LogP contribution is 2.25. The van der Waals surface area contributed by atoms with Crippen molar-refractivity contribution in [3.05, 3.63) is 35.0 Å². The van der Waals surface area contributed by atoms with Gasteiger partial charge in [-0.1, -0.05) is 0 Å². The fraction of sp³-hybridized carbons (Fsp3) is 0.412. The van der Waals surface area contributed by atoms with E-state index in [-0.39, 0.29) is 5.91 Å². The highest BCUT2D eigenvalue weighted by atomic mass is 16.4. The first-order valence-electron chi connectivity index (χ1n) is 7.61. The molecule has 5 nitrogen and oxygen atoms in total. The van der Waals surface area contributed by atoms with E-state index in [2.05, 4.69) is 4.98 Å². The van der Waals surface area contributed by atoms with Crippen molar-refractivity contribution in [3.63, 3.8) is 0 Å². The summed E-state index contributed by atoms with van der Waals surface area (Å²) in [6.45, 7) is 4.53. The van der Waals surface area contributed by atoms with E-state index in [1.165, 1.54) is 4.90 Å². The molecule has 0 radical (unpaired) electrons. The number of fused-ring (bicyclic) bond motifs is 1. The van der Waals surface area contributed by atoms with Crippen LogP contribution in [-0.2, 0) is 4.79 Å². The Labute approximate surface area is 128 Å². The van der Waals surface area contributed by atoms with Crippen molar-refractivity contribution in [1.29, 1.82) is 0 Å². The third-order valence-corrected chi connectivity index (χ3v) is 4.60. The lowest BCUT2D eigenvalue weighted by molar-refractivity contribution is -0.143. The minimum Gasteiger partial charge on any atom is -0.480 e. The van der Waals surface area contributed by atoms with Crippen LogP contribution >= 0.6 is 0 Å². The molecule has 0 aliphatic carbocycles. The fourth-order valence-corrected chi connectivity index (χ4v) is 3.19. The van der Waals surface area contributed by atoms with E-state index in [9.17, 15) is 14.7 Å². The molecule has 116 valence electrons. The molecule has 1 aromatic carbocycles. The molecule has 0 spiro atoms. The SMILES string of the molecule is Cc1[nH]c2ccc(C(=O)N3CCCCC3C(=O)O)cc2c1C. The number of H-pyrrole nitrogens is 1. The maximum atomic E-state index is 12.7. The van der Waals surface area contributed by atoms with Gasteiger partial charge in [0.1, 0.15) is 6.04 Å². The van der Waals surface area contributed by atoms with Crippen LogP contribution in [0.15, 0.2) is 18.2 Å². The number of likely N-dealkylation sites (tertiary alicyclic amines) is 1. The zero-order valence-corrected chi connectivity index (χ0v) is 12.8. The second-order valence-corrected chi connectivity index (χ2v) is 5.98. The number of aliphatic carboxylic acids is 1. The first kappa shape index (κ1) is 14.6. The van der Waals surface area contributed by atoms with Crippen LogP contribution in [0.5, 0.6) is 0 Å². The monoisotopic (exact) mass is 300 g/mol. The molecule has 2 aromatic rings. The Kier molecular flexibility index (Phi) is 3.64. The molecule has 0 bridgehead atoms. The quantitative estimate of drug-likeness (QED) is 0.895. The van der Waals surface area contributed by atoms with Crippen LogP contribution in [-0.4, -0.2) is 39.5 Å². The number of carboxylic acids is 1. The minimum atomic E-state index is -0.914. The molecule has 1 fully saturated rings. The molecule has 1 unspecified atom stereocenters. The van der Waals surface area contributed by atoms with Gasteiger partial charge in [-0.3, -0.25) is 4.79 Å². The predicted octanol–water partition coefficient (Wildman–Crippen LogP) is 2.86. The zero-order valence-electron chi connectivity index (χ0n) is 12.8. The van der Waals surface area contributed by atoms with Crippen LogP contribution in [0.4, 0.5) is 0 Å². The van der Waals surface area contributed by atoms with Gasteiger partial charge in [0.2, 0.25) is 0 Å². The highest BCUT2D eigenvalue weighted by Gasteiger charge is 2.32. The second-order valence-electron chi connectivity index (χ2n) is 5.98. The van der Waals surface area contributed by atoms with Crippen LogP contribution in [0.1, 0.15) is 40.9 Å². The van der Waals surface area contributed by atoms with Crippen molar-refractivity contribution in [2.24, 2.45) is 0 Å². The molecule has 22 heavy (non-hydrogen) atoms. The van der Waals surface area contributed by atoms with E-state index in [1.807, 2.05) is 26.0 Å². The van der Waals surface area contributed by atoms with Crippen molar-refractivity contribution in [2.75, 3.05) is 6.54 Å². The van der Waals surface area contributed by atoms with Gasteiger partial charge in [0.15, 0.2) is 0 Å². The lowest BCUT2D eigenvalue weighted by Crippen LogP contribution is -2.47. The smallest absolute Gasteiger partial charge is 0.326 e. The van der Waals surface area contributed by atoms with E-state index in [4.69, 9.17) is 0 Å². The minimum absolute atomic E-state index is 0.188. The van der Waals surface area contributed by atoms with Gasteiger partial charge in [0, 0.05) is 28.7 Å². The molecule has 2 N–H and O–H groups in total. The molecule has 1 amide bonds. The summed E-state index contributed by atoms with van der Waals surface area (Å²) in [6.07, 6.45) is 2.25. The standard InChI is InChI=1S/C17H20N2O3/c1-10-11(2)18-14-7-6-12(9-13(10)14)16(20)19-8-4-3-5-15(19)17(21)22/h6-7,9,15,18H,3-5,8H2,1-2H3,(H,21,22). The maximum absolute atomic E-state index is 12.7. The van der Waals surface area contributed by atoms with Gasteiger partial charge in [-0.25, -0.2) is 4.79 Å². The molecule has 1 aromatic heterocycles. The number of carboxylic acid groups (broad SMARTS) is 1. The number of aromatic amines is 1. The number of hydrogen-bond acceptors (Lipinski definition) is 2. The Balaban J connectivity index is 1.97. The van der Waals surface area contributed by atoms with Crippen LogP contribution < -0.4 is 0 Å². The van der Waals surface area contributed by atoms with Crippen LogP contribution in [0.25, 0.3) is 10.9 Å². The molecule has 5 heteroatoms. The number of nitrogens with one attached hydrogen (secondary N) is 1. The number of carbonyl (C=O) groups excluding carboxylic acids is 1. The fourth-order valence-electron chi connectivity index (χ4n) is 3.19. The van der Waals surface area contributed by atoms with Crippen LogP contribution in [0.2, 0.25) is 0 Å². The van der Waals surface area contributed by atoms with Gasteiger partial charge in [0.25, 0.3) is 5.91 Å². The van der Waals surface area contributed by atoms with Gasteiger partial charge in [-0.05, 0) is 56.9 Å². The molecule has 1 aliphatic heterocycles. The van der Waals surface area contributed by atoms with Crippen molar-refractivity contribution in [3.8, 4) is 0 Å². The number of hydrogen-bond donors (Lipinski definition) is 2. The predicted molar refractivity (Wildman–Crippen MR) is 84.1 cm³/mol. The summed E-state index contributed by atoms with van der Waals surface area (Å²) in [5, 5.41) is 10.3. The van der Waals surface area contributed by atoms with Crippen molar-refractivity contribution < 1.29 is 14.7 Å². The van der Waals surface area contributed by atoms with Gasteiger partial charge in [-0.2, -0.15) is 0 Å². The third kappa shape index (κ3) is 2.36. The topological polar surface area (TPSA) is 73.4 Å². The van der Waals surface area contributed by atoms with E-state index in [0.29, 0.717) is 18.5 Å². The summed E-state index contributed by atoms with van der Waals surface area (Å²) >= 11 is 0. The Morgan fingerprint density at radius 2 is 2.05 bits per heavy atom. The first-order valence-corrected chi connectivity index (χ1v) is 7.61. The van der Waals surface area contributed by atoms with Crippen molar-refractivity contribution in [2.45, 2.75) is 39.2 Å². The van der Waals surface area contributed by atoms with E-state index in [0.717, 1.165) is 35.0 Å². The van der Waals surface area contributed by atoms with E-state index < -0.39 is 12.0 Å². The number of nitrogens with zero attached hydrogens (tertiary/aromatic N) is 1. The lowest BCUT2D eigenvalue weighted by atomic mass is 10.00. The Morgan fingerprint density at radius 3 is 2.77 bits per heavy atom. The summed E-state index contributed by atoms with van der Waals surface area (Å²) < 4.78 is 0. The number of benzene rings is 1. The summed E-state index contributed by atoms with van der Waals surface area (Å²) in [7, 11) is 0. The highest BCUT2D eigenvalue weighted by molar-refractivity contribution is 6.00. The number of aromatic nitrogens is 1. The third-order valence-electron chi connectivity index (χ3n) is 4.60. The molecule has 1 aliphatic rings. The Hall–Kier alpha value is -2.30. The Morgan fingerprint density at radius 1 is 1.27 bits per heavy atom. The lowest BCUT2D eigenvalue weighted by Gasteiger charge is -2.33. The molecule has 1 atom stereocenters. The molecule has 3 rings (SSSR count). The molecule has 1 saturated heterocycles. The normalized spacial score (nSPS) is 18.6. The average molecular weight is 300 g/mol. The van der Waals surface area contributed by atoms with Crippen molar-refractivity contribution in [1.82, 2.24) is 9.88 Å². The van der Waals surface area contributed by atoms with Gasteiger partial charge < -0.3 is 15.0 Å². The number of piperidine rings is 1. The summed E-state index contributed by atoms with van der Waals surface area (Å²) in [4.78, 5) is 28.9. The van der Waals surface area contributed by atoms with Gasteiger partial charge in [-0.15, -0.1) is 0 Å². The summed E-state index contributed by atoms with van der Waals surface area (Å²) in [6, 6.07) is 4.82. The molecule has 0 saturated carbocycles. The summed E-state index contributed by atoms with van der Waals surface area (Å²) in [5.41, 5.74) is 3.77. The maximum Gasteiger partial charge on any atom is 0.326 e. The first-order chi connectivity index (χ1) is 10.5. The van der Waals surface area contributed by atoms with Gasteiger partial charge >= 0.3 is 5.97 Å². The second kappa shape index (κ2) is 5.48. The molecular weight excluding hydrogens is 280 g/mol. The average Bonchev–Trinajstić information content (AvgIpc) is 2.81. The Bertz CT molecular complexity index is 748. The number of aryl methyl sites for hydroxylation is 2. The molecule has 2 heterocycles. The van der Waals surface area contributed by atoms with E-state index >= 15 is 0 Å². The molecular formula is C17H20N2O3. The van der Waals surface area contributed by atoms with Crippen molar-refractivity contribution >= 4 is 22.8 Å². The number of amides is 1. The summed E-state index contributed by atoms with van der Waals surface area (Å²) in [5.74, 6) is -1.10. The largest absolute Gasteiger partial charge is 0.480 e. The van der Waals surface area contributed by atoms with E-state index in [1.54, 1.807) is 6.07 Å². The number of carbonyl (C=O) groups is 2. The zero-order chi connectivity index (χ0) is 15.9. The van der Waals surface area contributed by atoms with Crippen LogP contribution in [0, 0.1) is 13.8 Å². The number of rotatable bonds is 2. The van der Waals surface area contributed by atoms with Crippen LogP contribution in [0.3, 0.4) is 0 Å².